The Hall–Kier alpha value is -3.56. The molecule has 156 valence electrons. The van der Waals surface area contributed by atoms with Gasteiger partial charge in [0.1, 0.15) is 0 Å². The van der Waals surface area contributed by atoms with E-state index in [-0.39, 0.29) is 0 Å². The van der Waals surface area contributed by atoms with E-state index >= 15 is 0 Å². The zero-order valence-electron chi connectivity index (χ0n) is 17.9. The quantitative estimate of drug-likeness (QED) is 0.206. The standard InChI is InChI=1S/C29H23BrN2/c1-3-22(15-14-21(2)23-10-6-4-7-11-23)27-20-28(32-29(30)31-27)26-18-16-25(17-19-26)24-12-8-5-9-13-24/h3-20H,2H2,1H3/b15-14-,22-3+. The molecule has 2 nitrogen and oxygen atoms in total. The lowest BCUT2D eigenvalue weighted by molar-refractivity contribution is 1.10. The van der Waals surface area contributed by atoms with Crippen molar-refractivity contribution in [2.75, 3.05) is 0 Å². The molecule has 0 N–H and O–H groups in total. The predicted octanol–water partition coefficient (Wildman–Crippen LogP) is 8.25. The van der Waals surface area contributed by atoms with Gasteiger partial charge >= 0.3 is 0 Å². The molecule has 0 fully saturated rings. The van der Waals surface area contributed by atoms with Crippen LogP contribution in [0.5, 0.6) is 0 Å². The number of nitrogens with zero attached hydrogens (tertiary/aromatic N) is 2. The van der Waals surface area contributed by atoms with E-state index in [9.17, 15) is 0 Å². The van der Waals surface area contributed by atoms with Gasteiger partial charge in [-0.2, -0.15) is 0 Å². The first-order chi connectivity index (χ1) is 15.6. The minimum atomic E-state index is 0.562. The van der Waals surface area contributed by atoms with Crippen molar-refractivity contribution in [3.05, 3.63) is 132 Å². The molecule has 0 saturated heterocycles. The monoisotopic (exact) mass is 478 g/mol. The molecule has 0 spiro atoms. The lowest BCUT2D eigenvalue weighted by atomic mass is 10.0. The van der Waals surface area contributed by atoms with Gasteiger partial charge in [0.05, 0.1) is 11.4 Å². The summed E-state index contributed by atoms with van der Waals surface area (Å²) in [6.45, 7) is 6.19. The second-order valence-electron chi connectivity index (χ2n) is 7.32. The molecule has 0 aliphatic carbocycles. The summed E-state index contributed by atoms with van der Waals surface area (Å²) in [6.07, 6.45) is 6.12. The number of rotatable bonds is 6. The predicted molar refractivity (Wildman–Crippen MR) is 139 cm³/mol. The Balaban J connectivity index is 1.60. The second-order valence-corrected chi connectivity index (χ2v) is 8.03. The third-order valence-corrected chi connectivity index (χ3v) is 5.56. The van der Waals surface area contributed by atoms with Crippen molar-refractivity contribution in [3.63, 3.8) is 0 Å². The SMILES string of the molecule is C=C(/C=C\C(=C/C)c1cc(-c2ccc(-c3ccccc3)cc2)nc(Br)n1)c1ccccc1. The van der Waals surface area contributed by atoms with Crippen molar-refractivity contribution in [3.8, 4) is 22.4 Å². The molecule has 0 aliphatic rings. The first-order valence-corrected chi connectivity index (χ1v) is 11.2. The molecule has 0 amide bonds. The number of aromatic nitrogens is 2. The van der Waals surface area contributed by atoms with Crippen molar-refractivity contribution in [2.24, 2.45) is 0 Å². The van der Waals surface area contributed by atoms with Gasteiger partial charge < -0.3 is 0 Å². The van der Waals surface area contributed by atoms with E-state index in [2.05, 4.69) is 93.1 Å². The largest absolute Gasteiger partial charge is 0.222 e. The molecule has 1 aromatic heterocycles. The third-order valence-electron chi connectivity index (χ3n) is 5.20. The number of hydrogen-bond acceptors (Lipinski definition) is 2. The highest BCUT2D eigenvalue weighted by atomic mass is 79.9. The summed E-state index contributed by atoms with van der Waals surface area (Å²) in [4.78, 5) is 9.21. The normalized spacial score (nSPS) is 11.6. The molecule has 0 bridgehead atoms. The molecule has 0 radical (unpaired) electrons. The lowest BCUT2D eigenvalue weighted by Crippen LogP contribution is -1.94. The topological polar surface area (TPSA) is 25.8 Å². The van der Waals surface area contributed by atoms with Gasteiger partial charge in [-0.15, -0.1) is 0 Å². The lowest BCUT2D eigenvalue weighted by Gasteiger charge is -2.08. The summed E-state index contributed by atoms with van der Waals surface area (Å²) in [5, 5.41) is 0. The van der Waals surface area contributed by atoms with Crippen molar-refractivity contribution in [2.45, 2.75) is 6.92 Å². The van der Waals surface area contributed by atoms with Crippen LogP contribution in [-0.2, 0) is 0 Å². The highest BCUT2D eigenvalue weighted by Gasteiger charge is 2.08. The van der Waals surface area contributed by atoms with Crippen LogP contribution in [0.2, 0.25) is 0 Å². The van der Waals surface area contributed by atoms with Gasteiger partial charge in [0.15, 0.2) is 4.73 Å². The van der Waals surface area contributed by atoms with Crippen LogP contribution in [-0.4, -0.2) is 9.97 Å². The molecule has 4 rings (SSSR count). The Bertz CT molecular complexity index is 1270. The van der Waals surface area contributed by atoms with E-state index in [4.69, 9.17) is 0 Å². The minimum Gasteiger partial charge on any atom is -0.222 e. The van der Waals surface area contributed by atoms with Crippen molar-refractivity contribution >= 4 is 27.1 Å². The summed E-state index contributed by atoms with van der Waals surface area (Å²) >= 11 is 3.48. The summed E-state index contributed by atoms with van der Waals surface area (Å²) in [5.74, 6) is 0. The average molecular weight is 479 g/mol. The van der Waals surface area contributed by atoms with Gasteiger partial charge in [-0.25, -0.2) is 9.97 Å². The average Bonchev–Trinajstić information content (AvgIpc) is 2.85. The number of halogens is 1. The highest BCUT2D eigenvalue weighted by molar-refractivity contribution is 9.10. The molecule has 32 heavy (non-hydrogen) atoms. The molecule has 1 heterocycles. The van der Waals surface area contributed by atoms with Crippen LogP contribution in [0, 0.1) is 0 Å². The van der Waals surface area contributed by atoms with Crippen LogP contribution in [0.25, 0.3) is 33.5 Å². The van der Waals surface area contributed by atoms with E-state index in [1.54, 1.807) is 0 Å². The summed E-state index contributed by atoms with van der Waals surface area (Å²) < 4.78 is 0.562. The van der Waals surface area contributed by atoms with E-state index in [1.807, 2.05) is 55.5 Å². The number of allylic oxidation sites excluding steroid dienone is 5. The van der Waals surface area contributed by atoms with Crippen molar-refractivity contribution < 1.29 is 0 Å². The van der Waals surface area contributed by atoms with Gasteiger partial charge in [0.25, 0.3) is 0 Å². The van der Waals surface area contributed by atoms with E-state index in [0.717, 1.165) is 33.7 Å². The Morgan fingerprint density at radius 1 is 0.750 bits per heavy atom. The zero-order valence-corrected chi connectivity index (χ0v) is 19.5. The first kappa shape index (κ1) is 21.7. The number of benzene rings is 3. The Labute approximate surface area is 197 Å². The number of hydrogen-bond donors (Lipinski definition) is 0. The van der Waals surface area contributed by atoms with Crippen LogP contribution in [0.15, 0.2) is 121 Å². The Kier molecular flexibility index (Phi) is 6.88. The summed E-state index contributed by atoms with van der Waals surface area (Å²) in [7, 11) is 0. The van der Waals surface area contributed by atoms with Crippen LogP contribution in [0.1, 0.15) is 18.2 Å². The molecule has 0 aliphatic heterocycles. The molecule has 4 aromatic rings. The minimum absolute atomic E-state index is 0.562. The Morgan fingerprint density at radius 2 is 1.34 bits per heavy atom. The summed E-state index contributed by atoms with van der Waals surface area (Å²) in [6, 6.07) is 31.0. The fourth-order valence-corrected chi connectivity index (χ4v) is 3.83. The maximum Gasteiger partial charge on any atom is 0.197 e. The molecule has 3 heteroatoms. The Morgan fingerprint density at radius 3 is 2.00 bits per heavy atom. The maximum atomic E-state index is 4.60. The van der Waals surface area contributed by atoms with E-state index in [1.165, 1.54) is 11.1 Å². The van der Waals surface area contributed by atoms with Gasteiger partial charge in [-0.05, 0) is 56.8 Å². The highest BCUT2D eigenvalue weighted by Crippen LogP contribution is 2.27. The fourth-order valence-electron chi connectivity index (χ4n) is 3.45. The van der Waals surface area contributed by atoms with Crippen molar-refractivity contribution in [1.29, 1.82) is 0 Å². The van der Waals surface area contributed by atoms with Gasteiger partial charge in [-0.3, -0.25) is 0 Å². The smallest absolute Gasteiger partial charge is 0.197 e. The maximum absolute atomic E-state index is 4.60. The summed E-state index contributed by atoms with van der Waals surface area (Å²) in [5.41, 5.74) is 8.21. The second kappa shape index (κ2) is 10.2. The van der Waals surface area contributed by atoms with Crippen molar-refractivity contribution in [1.82, 2.24) is 9.97 Å². The molecule has 3 aromatic carbocycles. The molecule has 0 atom stereocenters. The van der Waals surface area contributed by atoms with Crippen LogP contribution in [0.4, 0.5) is 0 Å². The third kappa shape index (κ3) is 5.19. The van der Waals surface area contributed by atoms with Crippen LogP contribution >= 0.6 is 15.9 Å². The van der Waals surface area contributed by atoms with Gasteiger partial charge in [0.2, 0.25) is 0 Å². The molecule has 0 unspecified atom stereocenters. The van der Waals surface area contributed by atoms with E-state index < -0.39 is 0 Å². The zero-order chi connectivity index (χ0) is 22.3. The molecular weight excluding hydrogens is 456 g/mol. The fraction of sp³-hybridized carbons (Fsp3) is 0.0345. The molecule has 0 saturated carbocycles. The van der Waals surface area contributed by atoms with Crippen LogP contribution < -0.4 is 0 Å². The first-order valence-electron chi connectivity index (χ1n) is 10.4. The van der Waals surface area contributed by atoms with Crippen LogP contribution in [0.3, 0.4) is 0 Å². The van der Waals surface area contributed by atoms with E-state index in [0.29, 0.717) is 4.73 Å². The molecular formula is C29H23BrN2. The van der Waals surface area contributed by atoms with Gasteiger partial charge in [-0.1, -0.05) is 110 Å². The van der Waals surface area contributed by atoms with Gasteiger partial charge in [0, 0.05) is 5.56 Å².